The van der Waals surface area contributed by atoms with Gasteiger partial charge in [0.15, 0.2) is 0 Å². The van der Waals surface area contributed by atoms with Crippen LogP contribution in [0.4, 0.5) is 10.5 Å². The molecular formula is C20H28ClN3O4S. The first-order valence-electron chi connectivity index (χ1n) is 9.71. The number of hydrogen-bond donors (Lipinski definition) is 2. The highest BCUT2D eigenvalue weighted by Crippen LogP contribution is 2.36. The fourth-order valence-corrected chi connectivity index (χ4v) is 4.35. The van der Waals surface area contributed by atoms with Gasteiger partial charge in [-0.1, -0.05) is 11.6 Å². The fourth-order valence-electron chi connectivity index (χ4n) is 3.26. The Morgan fingerprint density at radius 2 is 2.07 bits per heavy atom. The van der Waals surface area contributed by atoms with Crippen LogP contribution in [0.3, 0.4) is 0 Å². The van der Waals surface area contributed by atoms with Gasteiger partial charge in [-0.2, -0.15) is 0 Å². The lowest BCUT2D eigenvalue weighted by Gasteiger charge is -2.33. The number of anilines is 1. The number of nitrogens with one attached hydrogen (secondary N) is 2. The summed E-state index contributed by atoms with van der Waals surface area (Å²) < 4.78 is 26.5. The lowest BCUT2D eigenvalue weighted by atomic mass is 9.94. The van der Waals surface area contributed by atoms with E-state index in [0.717, 1.165) is 11.1 Å². The number of amides is 2. The summed E-state index contributed by atoms with van der Waals surface area (Å²) in [4.78, 5) is 14.0. The first-order valence-corrected chi connectivity index (χ1v) is 11.2. The highest BCUT2D eigenvalue weighted by atomic mass is 35.5. The van der Waals surface area contributed by atoms with Crippen LogP contribution in [0.2, 0.25) is 5.02 Å². The second-order valence-corrected chi connectivity index (χ2v) is 10.5. The van der Waals surface area contributed by atoms with Crippen molar-refractivity contribution in [2.45, 2.75) is 64.2 Å². The third kappa shape index (κ3) is 5.31. The van der Waals surface area contributed by atoms with Gasteiger partial charge in [0, 0.05) is 47.1 Å². The van der Waals surface area contributed by atoms with Gasteiger partial charge < -0.3 is 24.2 Å². The van der Waals surface area contributed by atoms with Gasteiger partial charge >= 0.3 is 6.03 Å². The normalized spacial score (nSPS) is 18.7. The first kappa shape index (κ1) is 22.1. The van der Waals surface area contributed by atoms with E-state index in [1.165, 1.54) is 12.5 Å². The highest BCUT2D eigenvalue weighted by molar-refractivity contribution is 7.90. The quantitative estimate of drug-likeness (QED) is 0.611. The van der Waals surface area contributed by atoms with Crippen LogP contribution in [0.25, 0.3) is 0 Å². The van der Waals surface area contributed by atoms with Crippen molar-refractivity contribution in [1.29, 1.82) is 0 Å². The van der Waals surface area contributed by atoms with E-state index in [1.54, 1.807) is 11.0 Å². The van der Waals surface area contributed by atoms with Crippen LogP contribution in [-0.4, -0.2) is 33.1 Å². The zero-order valence-corrected chi connectivity index (χ0v) is 18.7. The molecule has 2 aliphatic heterocycles. The van der Waals surface area contributed by atoms with Gasteiger partial charge in [0.25, 0.3) is 0 Å². The molecule has 0 radical (unpaired) electrons. The van der Waals surface area contributed by atoms with Crippen LogP contribution in [0, 0.1) is 0 Å². The second kappa shape index (κ2) is 9.04. The van der Waals surface area contributed by atoms with Gasteiger partial charge in [-0.3, -0.25) is 0 Å². The number of carbonyl (C=O) groups is 1. The molecular weight excluding hydrogens is 414 g/mol. The Bertz CT molecular complexity index is 776. The molecule has 2 N–H and O–H groups in total. The Hall–Kier alpha value is -1.61. The highest BCUT2D eigenvalue weighted by Gasteiger charge is 2.33. The molecule has 0 bridgehead atoms. The summed E-state index contributed by atoms with van der Waals surface area (Å²) in [5, 5.41) is 3.44. The topological polar surface area (TPSA) is 85.9 Å². The molecule has 29 heavy (non-hydrogen) atoms. The maximum absolute atomic E-state index is 12.9. The number of nitrogens with zero attached hydrogens (tertiary/aromatic N) is 1. The molecule has 2 unspecified atom stereocenters. The fraction of sp³-hybridized carbons (Fsp3) is 0.550. The van der Waals surface area contributed by atoms with Crippen molar-refractivity contribution in [2.75, 3.05) is 11.9 Å². The number of rotatable bonds is 7. The average Bonchev–Trinajstić information content (AvgIpc) is 3.16. The summed E-state index contributed by atoms with van der Waals surface area (Å²) in [7, 11) is 0. The zero-order chi connectivity index (χ0) is 21.2. The minimum absolute atomic E-state index is 0.144. The largest absolute Gasteiger partial charge is 0.598 e. The van der Waals surface area contributed by atoms with Crippen LogP contribution >= 0.6 is 11.6 Å². The molecule has 9 heteroatoms. The second-order valence-electron chi connectivity index (χ2n) is 8.07. The van der Waals surface area contributed by atoms with E-state index in [-0.39, 0.29) is 18.4 Å². The average molecular weight is 442 g/mol. The summed E-state index contributed by atoms with van der Waals surface area (Å²) in [5.41, 5.74) is 2.60. The molecule has 1 aromatic carbocycles. The monoisotopic (exact) mass is 441 g/mol. The summed E-state index contributed by atoms with van der Waals surface area (Å²) in [6.07, 6.45) is 3.93. The smallest absolute Gasteiger partial charge is 0.322 e. The SMILES string of the molecule is CCN1Cc2c(cc(Cl)cc2C(CCC2OC=CO2)N[S+]([O-])C(C)(C)C)NC1=O. The molecule has 2 amide bonds. The molecule has 0 saturated heterocycles. The van der Waals surface area contributed by atoms with E-state index in [1.807, 2.05) is 33.8 Å². The van der Waals surface area contributed by atoms with Gasteiger partial charge in [-0.05, 0) is 51.8 Å². The summed E-state index contributed by atoms with van der Waals surface area (Å²) in [5.74, 6) is 0. The Kier molecular flexibility index (Phi) is 6.88. The summed E-state index contributed by atoms with van der Waals surface area (Å²) in [6, 6.07) is 3.26. The third-order valence-corrected chi connectivity index (χ3v) is 6.73. The van der Waals surface area contributed by atoms with Gasteiger partial charge in [0.2, 0.25) is 6.29 Å². The van der Waals surface area contributed by atoms with E-state index in [9.17, 15) is 9.35 Å². The van der Waals surface area contributed by atoms with Gasteiger partial charge in [0.05, 0.1) is 6.04 Å². The predicted octanol–water partition coefficient (Wildman–Crippen LogP) is 4.42. The molecule has 2 heterocycles. The first-order chi connectivity index (χ1) is 13.7. The Balaban J connectivity index is 1.92. The van der Waals surface area contributed by atoms with Crippen LogP contribution in [0.1, 0.15) is 57.7 Å². The molecule has 2 aliphatic rings. The van der Waals surface area contributed by atoms with E-state index in [0.29, 0.717) is 36.6 Å². The van der Waals surface area contributed by atoms with Crippen molar-refractivity contribution >= 4 is 34.7 Å². The summed E-state index contributed by atoms with van der Waals surface area (Å²) in [6.45, 7) is 8.77. The molecule has 0 saturated carbocycles. The van der Waals surface area contributed by atoms with E-state index in [4.69, 9.17) is 21.1 Å². The van der Waals surface area contributed by atoms with Crippen LogP contribution in [-0.2, 0) is 27.4 Å². The maximum atomic E-state index is 12.9. The number of benzene rings is 1. The Morgan fingerprint density at radius 3 is 2.69 bits per heavy atom. The molecule has 0 fully saturated rings. The third-order valence-electron chi connectivity index (χ3n) is 4.90. The zero-order valence-electron chi connectivity index (χ0n) is 17.2. The van der Waals surface area contributed by atoms with Crippen LogP contribution in [0.5, 0.6) is 0 Å². The van der Waals surface area contributed by atoms with Crippen molar-refractivity contribution in [3.8, 4) is 0 Å². The number of urea groups is 1. The van der Waals surface area contributed by atoms with Crippen molar-refractivity contribution in [2.24, 2.45) is 0 Å². The minimum atomic E-state index is -1.29. The van der Waals surface area contributed by atoms with Crippen molar-refractivity contribution in [1.82, 2.24) is 9.62 Å². The lowest BCUT2D eigenvalue weighted by molar-refractivity contribution is -0.0305. The lowest BCUT2D eigenvalue weighted by Crippen LogP contribution is -2.43. The molecule has 0 spiro atoms. The number of halogens is 1. The molecule has 1 aromatic rings. The standard InChI is InChI=1S/C20H28ClN3O4S/c1-5-24-12-15-14(10-13(21)11-17(15)22-19(24)25)16(23-29(26)20(2,3)4)6-7-18-27-8-9-28-18/h8-11,16,18,23H,5-7,12H2,1-4H3,(H,22,25). The van der Waals surface area contributed by atoms with Gasteiger partial charge in [-0.25, -0.2) is 4.79 Å². The van der Waals surface area contributed by atoms with E-state index in [2.05, 4.69) is 10.0 Å². The van der Waals surface area contributed by atoms with Crippen LogP contribution in [0.15, 0.2) is 24.7 Å². The molecule has 2 atom stereocenters. The summed E-state index contributed by atoms with van der Waals surface area (Å²) >= 11 is 5.08. The maximum Gasteiger partial charge on any atom is 0.322 e. The molecule has 7 nitrogen and oxygen atoms in total. The van der Waals surface area contributed by atoms with Crippen molar-refractivity contribution in [3.05, 3.63) is 40.8 Å². The van der Waals surface area contributed by atoms with Crippen molar-refractivity contribution < 1.29 is 18.8 Å². The Morgan fingerprint density at radius 1 is 1.38 bits per heavy atom. The Labute approximate surface area is 180 Å². The minimum Gasteiger partial charge on any atom is -0.598 e. The number of fused-ring (bicyclic) bond motifs is 1. The molecule has 0 aromatic heterocycles. The van der Waals surface area contributed by atoms with Gasteiger partial charge in [0.1, 0.15) is 17.3 Å². The number of hydrogen-bond acceptors (Lipinski definition) is 5. The van der Waals surface area contributed by atoms with Gasteiger partial charge in [-0.15, -0.1) is 4.72 Å². The van der Waals surface area contributed by atoms with E-state index >= 15 is 0 Å². The van der Waals surface area contributed by atoms with Crippen molar-refractivity contribution in [3.63, 3.8) is 0 Å². The van der Waals surface area contributed by atoms with E-state index < -0.39 is 16.1 Å². The molecule has 160 valence electrons. The molecule has 3 rings (SSSR count). The molecule has 0 aliphatic carbocycles. The predicted molar refractivity (Wildman–Crippen MR) is 115 cm³/mol. The van der Waals surface area contributed by atoms with Crippen LogP contribution < -0.4 is 10.0 Å². The number of carbonyl (C=O) groups excluding carboxylic acids is 1. The number of ether oxygens (including phenoxy) is 2.